The Morgan fingerprint density at radius 1 is 0.525 bits per heavy atom. The van der Waals surface area contributed by atoms with Crippen LogP contribution in [0.5, 0.6) is 0 Å². The van der Waals surface area contributed by atoms with Gasteiger partial charge < -0.3 is 20.1 Å². The van der Waals surface area contributed by atoms with E-state index in [0.717, 1.165) is 57.8 Å². The van der Waals surface area contributed by atoms with Crippen LogP contribution in [-0.2, 0) is 27.9 Å². The van der Waals surface area contributed by atoms with Crippen molar-refractivity contribution in [3.05, 3.63) is 72.9 Å². The van der Waals surface area contributed by atoms with E-state index in [-0.39, 0.29) is 32.1 Å². The summed E-state index contributed by atoms with van der Waals surface area (Å²) in [5.41, 5.74) is 0. The molecule has 0 bridgehead atoms. The summed E-state index contributed by atoms with van der Waals surface area (Å²) in [6.07, 6.45) is 58.6. The molecule has 0 fully saturated rings. The van der Waals surface area contributed by atoms with Crippen molar-refractivity contribution in [3.8, 4) is 0 Å². The number of nitrogens with one attached hydrogen (secondary N) is 1. The summed E-state index contributed by atoms with van der Waals surface area (Å²) >= 11 is 0. The van der Waals surface area contributed by atoms with E-state index in [2.05, 4.69) is 79.9 Å². The molecule has 9 nitrogen and oxygen atoms in total. The van der Waals surface area contributed by atoms with Crippen molar-refractivity contribution in [2.24, 2.45) is 0 Å². The van der Waals surface area contributed by atoms with Crippen LogP contribution in [0.3, 0.4) is 0 Å². The molecule has 2 atom stereocenters. The average molecular weight is 876 g/mol. The Kier molecular flexibility index (Phi) is 45.0. The average Bonchev–Trinajstić information content (AvgIpc) is 3.25. The fraction of sp³-hybridized carbons (Fsp3) is 0.725. The molecule has 0 aromatic carbocycles. The number of carbonyl (C=O) groups excluding carboxylic acids is 2. The SMILES string of the molecule is CC/C=C\C/C=C\C/C=C\C/C=C\C/C=C\C/C=C\CCC(=O)OCC(O)COP(=O)(O)OCCNC(=O)CCCCCCCCCCCCCCCCCCCCCCC. The molecular formula is C51H90NO8P. The van der Waals surface area contributed by atoms with Crippen molar-refractivity contribution in [1.29, 1.82) is 0 Å². The maximum Gasteiger partial charge on any atom is 0.472 e. The van der Waals surface area contributed by atoms with E-state index in [1.807, 2.05) is 12.2 Å². The molecule has 0 radical (unpaired) electrons. The molecule has 61 heavy (non-hydrogen) atoms. The van der Waals surface area contributed by atoms with Gasteiger partial charge in [0.15, 0.2) is 0 Å². The summed E-state index contributed by atoms with van der Waals surface area (Å²) in [7, 11) is -4.44. The largest absolute Gasteiger partial charge is 0.472 e. The summed E-state index contributed by atoms with van der Waals surface area (Å²) in [4.78, 5) is 34.0. The number of rotatable bonds is 45. The molecule has 3 N–H and O–H groups in total. The van der Waals surface area contributed by atoms with Crippen molar-refractivity contribution < 1.29 is 37.9 Å². The number of carbonyl (C=O) groups is 2. The van der Waals surface area contributed by atoms with Gasteiger partial charge in [-0.1, -0.05) is 215 Å². The van der Waals surface area contributed by atoms with Gasteiger partial charge in [-0.15, -0.1) is 0 Å². The quantitative estimate of drug-likeness (QED) is 0.0239. The van der Waals surface area contributed by atoms with Gasteiger partial charge in [0.25, 0.3) is 0 Å². The summed E-state index contributed by atoms with van der Waals surface area (Å²) in [5, 5.41) is 12.7. The fourth-order valence-electron chi connectivity index (χ4n) is 6.53. The van der Waals surface area contributed by atoms with Gasteiger partial charge in [0, 0.05) is 19.4 Å². The van der Waals surface area contributed by atoms with E-state index in [1.165, 1.54) is 116 Å². The van der Waals surface area contributed by atoms with E-state index in [9.17, 15) is 24.2 Å². The molecule has 0 aliphatic rings. The third kappa shape index (κ3) is 48.3. The first-order chi connectivity index (χ1) is 29.8. The first-order valence-electron chi connectivity index (χ1n) is 24.4. The first kappa shape index (κ1) is 58.5. The van der Waals surface area contributed by atoms with Gasteiger partial charge in [-0.2, -0.15) is 0 Å². The highest BCUT2D eigenvalue weighted by Gasteiger charge is 2.23. The molecule has 0 aliphatic heterocycles. The zero-order valence-corrected chi connectivity index (χ0v) is 39.7. The minimum Gasteiger partial charge on any atom is -0.463 e. The predicted molar refractivity (Wildman–Crippen MR) is 256 cm³/mol. The van der Waals surface area contributed by atoms with Crippen LogP contribution in [0.4, 0.5) is 0 Å². The molecule has 10 heteroatoms. The maximum atomic E-state index is 12.1. The van der Waals surface area contributed by atoms with Crippen LogP contribution in [0.25, 0.3) is 0 Å². The second kappa shape index (κ2) is 46.9. The second-order valence-electron chi connectivity index (χ2n) is 16.1. The van der Waals surface area contributed by atoms with Crippen LogP contribution in [0, 0.1) is 0 Å². The fourth-order valence-corrected chi connectivity index (χ4v) is 7.28. The van der Waals surface area contributed by atoms with Gasteiger partial charge in [-0.25, -0.2) is 4.57 Å². The molecule has 0 aliphatic carbocycles. The molecule has 1 amide bonds. The monoisotopic (exact) mass is 876 g/mol. The Balaban J connectivity index is 3.64. The van der Waals surface area contributed by atoms with Crippen molar-refractivity contribution in [2.45, 2.75) is 213 Å². The number of phosphoric ester groups is 1. The highest BCUT2D eigenvalue weighted by molar-refractivity contribution is 7.47. The van der Waals surface area contributed by atoms with Crippen molar-refractivity contribution in [1.82, 2.24) is 5.32 Å². The molecule has 0 heterocycles. The van der Waals surface area contributed by atoms with Gasteiger partial charge in [0.05, 0.1) is 13.2 Å². The van der Waals surface area contributed by atoms with Gasteiger partial charge in [0.2, 0.25) is 5.91 Å². The van der Waals surface area contributed by atoms with Gasteiger partial charge in [-0.05, 0) is 51.4 Å². The number of ether oxygens (including phenoxy) is 1. The number of phosphoric acid groups is 1. The van der Waals surface area contributed by atoms with Crippen molar-refractivity contribution in [2.75, 3.05) is 26.4 Å². The summed E-state index contributed by atoms with van der Waals surface area (Å²) in [6.45, 7) is 3.37. The third-order valence-electron chi connectivity index (χ3n) is 10.2. The van der Waals surface area contributed by atoms with Crippen molar-refractivity contribution >= 4 is 19.7 Å². The first-order valence-corrected chi connectivity index (χ1v) is 25.9. The Morgan fingerprint density at radius 3 is 1.34 bits per heavy atom. The van der Waals surface area contributed by atoms with Crippen LogP contribution >= 0.6 is 7.82 Å². The van der Waals surface area contributed by atoms with Crippen LogP contribution in [0.2, 0.25) is 0 Å². The van der Waals surface area contributed by atoms with E-state index in [4.69, 9.17) is 13.8 Å². The van der Waals surface area contributed by atoms with Crippen LogP contribution < -0.4 is 5.32 Å². The van der Waals surface area contributed by atoms with Gasteiger partial charge in [-0.3, -0.25) is 18.6 Å². The minimum absolute atomic E-state index is 0.0724. The lowest BCUT2D eigenvalue weighted by Crippen LogP contribution is -2.27. The lowest BCUT2D eigenvalue weighted by Gasteiger charge is -2.15. The molecule has 352 valence electrons. The zero-order valence-electron chi connectivity index (χ0n) is 38.8. The molecule has 2 unspecified atom stereocenters. The Bertz CT molecular complexity index is 1230. The van der Waals surface area contributed by atoms with Gasteiger partial charge in [0.1, 0.15) is 12.7 Å². The topological polar surface area (TPSA) is 131 Å². The zero-order chi connectivity index (χ0) is 44.6. The molecule has 0 saturated carbocycles. The van der Waals surface area contributed by atoms with Gasteiger partial charge >= 0.3 is 13.8 Å². The summed E-state index contributed by atoms with van der Waals surface area (Å²) in [5.74, 6) is -0.600. The van der Waals surface area contributed by atoms with E-state index < -0.39 is 26.5 Å². The molecule has 0 spiro atoms. The number of esters is 1. The second-order valence-corrected chi connectivity index (χ2v) is 17.5. The third-order valence-corrected chi connectivity index (χ3v) is 11.1. The predicted octanol–water partition coefficient (Wildman–Crippen LogP) is 14.2. The highest BCUT2D eigenvalue weighted by atomic mass is 31.2. The number of unbranched alkanes of at least 4 members (excludes halogenated alkanes) is 20. The maximum absolute atomic E-state index is 12.1. The number of allylic oxidation sites excluding steroid dienone is 12. The molecule has 0 aromatic heterocycles. The normalized spacial score (nSPS) is 13.8. The van der Waals surface area contributed by atoms with Crippen LogP contribution in [0.15, 0.2) is 72.9 Å². The highest BCUT2D eigenvalue weighted by Crippen LogP contribution is 2.42. The smallest absolute Gasteiger partial charge is 0.463 e. The molecule has 0 saturated heterocycles. The lowest BCUT2D eigenvalue weighted by atomic mass is 10.0. The van der Waals surface area contributed by atoms with E-state index in [1.54, 1.807) is 0 Å². The lowest BCUT2D eigenvalue weighted by molar-refractivity contribution is -0.147. The Hall–Kier alpha value is -2.55. The van der Waals surface area contributed by atoms with E-state index >= 15 is 0 Å². The summed E-state index contributed by atoms with van der Waals surface area (Å²) in [6, 6.07) is 0. The molecular weight excluding hydrogens is 786 g/mol. The number of aliphatic hydroxyl groups excluding tert-OH is 1. The Morgan fingerprint density at radius 2 is 0.918 bits per heavy atom. The number of hydrogen-bond donors (Lipinski definition) is 3. The number of hydrogen-bond acceptors (Lipinski definition) is 7. The molecule has 0 rings (SSSR count). The van der Waals surface area contributed by atoms with Crippen LogP contribution in [0.1, 0.15) is 206 Å². The number of aliphatic hydroxyl groups is 1. The van der Waals surface area contributed by atoms with E-state index in [0.29, 0.717) is 12.8 Å². The van der Waals surface area contributed by atoms with Crippen LogP contribution in [-0.4, -0.2) is 54.3 Å². The molecule has 0 aromatic rings. The Labute approximate surface area is 373 Å². The van der Waals surface area contributed by atoms with Crippen molar-refractivity contribution in [3.63, 3.8) is 0 Å². The number of amides is 1. The minimum atomic E-state index is -4.44. The standard InChI is InChI=1S/C51H90NO8P/c1-3-5-7-9-11-13-15-17-19-21-23-24-26-27-29-31-33-35-37-39-41-43-50(54)52-45-46-59-61(56,57)60-48-49(53)47-58-51(55)44-42-40-38-36-34-32-30-28-25-22-20-18-16-14-12-10-8-6-4-2/h6,8,12,14,18,20,25,28,32,34,38,40,49,53H,3-5,7,9-11,13,15-17,19,21-24,26-27,29-31,33,35-37,39,41-48H2,1-2H3,(H,52,54)(H,56,57)/b8-6-,14-12-,20-18-,28-25-,34-32-,40-38-. The summed E-state index contributed by atoms with van der Waals surface area (Å²) < 4.78 is 26.9.